The first-order chi connectivity index (χ1) is 11.3. The zero-order chi connectivity index (χ0) is 18.0. The minimum atomic E-state index is -1.76. The number of carboxylic acids is 3. The van der Waals surface area contributed by atoms with Crippen LogP contribution in [0, 0.1) is 0 Å². The monoisotopic (exact) mass is 332 g/mol. The first kappa shape index (κ1) is 16.9. The van der Waals surface area contributed by atoms with Gasteiger partial charge in [-0.25, -0.2) is 19.2 Å². The van der Waals surface area contributed by atoms with Gasteiger partial charge in [0.05, 0.1) is 28.9 Å². The van der Waals surface area contributed by atoms with E-state index < -0.39 is 46.1 Å². The number of ether oxygens (including phenoxy) is 1. The maximum atomic E-state index is 12.2. The van der Waals surface area contributed by atoms with E-state index in [1.165, 1.54) is 31.2 Å². The van der Waals surface area contributed by atoms with Gasteiger partial charge in [-0.15, -0.1) is 0 Å². The maximum absolute atomic E-state index is 12.2. The maximum Gasteiger partial charge on any atom is 0.339 e. The number of hydrogen-bond donors (Lipinski definition) is 3. The molecule has 0 saturated heterocycles. The van der Waals surface area contributed by atoms with Crippen LogP contribution in [0.3, 0.4) is 0 Å². The third-order valence-electron chi connectivity index (χ3n) is 3.34. The van der Waals surface area contributed by atoms with E-state index in [1.54, 1.807) is 0 Å². The zero-order valence-corrected chi connectivity index (χ0v) is 12.4. The Morgan fingerprint density at radius 2 is 1.21 bits per heavy atom. The summed E-state index contributed by atoms with van der Waals surface area (Å²) in [6.45, 7) is 1.44. The van der Waals surface area contributed by atoms with Gasteiger partial charge < -0.3 is 20.1 Å². The van der Waals surface area contributed by atoms with Crippen LogP contribution in [0.1, 0.15) is 48.4 Å². The summed E-state index contributed by atoms with van der Waals surface area (Å²) < 4.78 is 4.82. The summed E-state index contributed by atoms with van der Waals surface area (Å²) >= 11 is 0. The highest BCUT2D eigenvalue weighted by Crippen LogP contribution is 2.32. The molecule has 0 unspecified atom stereocenters. The largest absolute Gasteiger partial charge is 0.478 e. The number of carbonyl (C=O) groups is 4. The number of hydrogen-bond acceptors (Lipinski definition) is 5. The van der Waals surface area contributed by atoms with E-state index in [0.717, 1.165) is 0 Å². The lowest BCUT2D eigenvalue weighted by molar-refractivity contribution is 0.0515. The van der Waals surface area contributed by atoms with Gasteiger partial charge in [-0.3, -0.25) is 0 Å². The lowest BCUT2D eigenvalue weighted by Gasteiger charge is -2.15. The van der Waals surface area contributed by atoms with Crippen LogP contribution in [-0.4, -0.2) is 45.8 Å². The quantitative estimate of drug-likeness (QED) is 0.708. The summed E-state index contributed by atoms with van der Waals surface area (Å²) in [5.74, 6) is -6.14. The van der Waals surface area contributed by atoms with Crippen molar-refractivity contribution in [2.45, 2.75) is 6.92 Å². The molecule has 3 N–H and O–H groups in total. The van der Waals surface area contributed by atoms with Gasteiger partial charge in [0.15, 0.2) is 0 Å². The average Bonchev–Trinajstić information content (AvgIpc) is 2.51. The van der Waals surface area contributed by atoms with E-state index in [-0.39, 0.29) is 17.4 Å². The molecule has 124 valence electrons. The molecule has 2 aromatic rings. The van der Waals surface area contributed by atoms with Crippen molar-refractivity contribution in [2.24, 2.45) is 0 Å². The molecule has 0 aliphatic carbocycles. The Balaban J connectivity index is 3.15. The smallest absolute Gasteiger partial charge is 0.339 e. The molecular weight excluding hydrogens is 320 g/mol. The van der Waals surface area contributed by atoms with Gasteiger partial charge in [0.2, 0.25) is 0 Å². The topological polar surface area (TPSA) is 138 Å². The number of carboxylic acid groups (broad SMARTS) is 3. The van der Waals surface area contributed by atoms with Gasteiger partial charge in [-0.05, 0) is 17.7 Å². The second-order valence-corrected chi connectivity index (χ2v) is 4.68. The fourth-order valence-corrected chi connectivity index (χ4v) is 2.50. The molecule has 0 aromatic heterocycles. The lowest BCUT2D eigenvalue weighted by Crippen LogP contribution is -2.21. The van der Waals surface area contributed by atoms with Crippen molar-refractivity contribution in [1.29, 1.82) is 0 Å². The minimum Gasteiger partial charge on any atom is -0.478 e. The molecule has 0 heterocycles. The standard InChI is InChI=1S/C16H12O8/c1-2-24-16(23)10-8-6-4-3-5-7(8)9(13(17)18)11(14(19)20)12(10)15(21)22/h3-6H,2H2,1H3,(H,17,18)(H,19,20)(H,21,22). The van der Waals surface area contributed by atoms with Gasteiger partial charge in [0.25, 0.3) is 0 Å². The predicted octanol–water partition coefficient (Wildman–Crippen LogP) is 2.11. The van der Waals surface area contributed by atoms with Gasteiger partial charge in [0.1, 0.15) is 0 Å². The molecule has 2 aromatic carbocycles. The fourth-order valence-electron chi connectivity index (χ4n) is 2.50. The Bertz CT molecular complexity index is 881. The summed E-state index contributed by atoms with van der Waals surface area (Å²) in [6.07, 6.45) is 0. The Hall–Kier alpha value is -3.42. The van der Waals surface area contributed by atoms with Crippen molar-refractivity contribution in [3.8, 4) is 0 Å². The molecule has 8 nitrogen and oxygen atoms in total. The highest BCUT2D eigenvalue weighted by atomic mass is 16.5. The summed E-state index contributed by atoms with van der Waals surface area (Å²) in [7, 11) is 0. The van der Waals surface area contributed by atoms with Gasteiger partial charge in [0, 0.05) is 0 Å². The van der Waals surface area contributed by atoms with E-state index in [9.17, 15) is 34.5 Å². The van der Waals surface area contributed by atoms with Crippen molar-refractivity contribution in [3.05, 3.63) is 46.5 Å². The molecule has 24 heavy (non-hydrogen) atoms. The van der Waals surface area contributed by atoms with Crippen molar-refractivity contribution in [2.75, 3.05) is 6.61 Å². The van der Waals surface area contributed by atoms with Crippen molar-refractivity contribution >= 4 is 34.6 Å². The van der Waals surface area contributed by atoms with Gasteiger partial charge >= 0.3 is 23.9 Å². The third kappa shape index (κ3) is 2.65. The number of esters is 1. The number of fused-ring (bicyclic) bond motifs is 1. The normalized spacial score (nSPS) is 10.4. The van der Waals surface area contributed by atoms with E-state index in [2.05, 4.69) is 0 Å². The fraction of sp³-hybridized carbons (Fsp3) is 0.125. The van der Waals surface area contributed by atoms with E-state index in [4.69, 9.17) is 4.74 Å². The molecule has 0 atom stereocenters. The molecule has 8 heteroatoms. The molecule has 0 bridgehead atoms. The predicted molar refractivity (Wildman–Crippen MR) is 80.8 cm³/mol. The number of aromatic carboxylic acids is 3. The average molecular weight is 332 g/mol. The highest BCUT2D eigenvalue weighted by molar-refractivity contribution is 6.23. The van der Waals surface area contributed by atoms with Crippen LogP contribution in [0.2, 0.25) is 0 Å². The summed E-state index contributed by atoms with van der Waals surface area (Å²) in [6, 6.07) is 5.57. The zero-order valence-electron chi connectivity index (χ0n) is 12.4. The first-order valence-corrected chi connectivity index (χ1v) is 6.76. The van der Waals surface area contributed by atoms with Crippen LogP contribution in [0.15, 0.2) is 24.3 Å². The Labute approximate surface area is 134 Å². The highest BCUT2D eigenvalue weighted by Gasteiger charge is 2.33. The second kappa shape index (κ2) is 6.37. The second-order valence-electron chi connectivity index (χ2n) is 4.68. The van der Waals surface area contributed by atoms with Crippen LogP contribution in [0.25, 0.3) is 10.8 Å². The summed E-state index contributed by atoms with van der Waals surface area (Å²) in [4.78, 5) is 46.9. The first-order valence-electron chi connectivity index (χ1n) is 6.76. The molecule has 0 fully saturated rings. The van der Waals surface area contributed by atoms with Gasteiger partial charge in [-0.1, -0.05) is 24.3 Å². The van der Waals surface area contributed by atoms with Crippen LogP contribution in [0.5, 0.6) is 0 Å². The Morgan fingerprint density at radius 3 is 1.62 bits per heavy atom. The molecule has 0 aliphatic rings. The molecule has 0 aliphatic heterocycles. The Kier molecular flexibility index (Phi) is 4.50. The summed E-state index contributed by atoms with van der Waals surface area (Å²) in [5.41, 5.74) is -3.04. The SMILES string of the molecule is CCOC(=O)c1c(C(=O)O)c(C(=O)O)c(C(=O)O)c2ccccc12. The van der Waals surface area contributed by atoms with Crippen LogP contribution < -0.4 is 0 Å². The van der Waals surface area contributed by atoms with E-state index in [0.29, 0.717) is 0 Å². The molecule has 0 radical (unpaired) electrons. The Morgan fingerprint density at radius 1 is 0.792 bits per heavy atom. The van der Waals surface area contributed by atoms with Gasteiger partial charge in [-0.2, -0.15) is 0 Å². The molecule has 2 rings (SSSR count). The van der Waals surface area contributed by atoms with Crippen LogP contribution in [0.4, 0.5) is 0 Å². The molecule has 0 amide bonds. The minimum absolute atomic E-state index is 0.00394. The van der Waals surface area contributed by atoms with Crippen LogP contribution >= 0.6 is 0 Å². The van der Waals surface area contributed by atoms with Crippen LogP contribution in [-0.2, 0) is 4.74 Å². The van der Waals surface area contributed by atoms with Crippen molar-refractivity contribution < 1.29 is 39.2 Å². The van der Waals surface area contributed by atoms with E-state index >= 15 is 0 Å². The van der Waals surface area contributed by atoms with E-state index in [1.807, 2.05) is 0 Å². The molecular formula is C16H12O8. The summed E-state index contributed by atoms with van der Waals surface area (Å²) in [5, 5.41) is 28.1. The third-order valence-corrected chi connectivity index (χ3v) is 3.34. The number of carbonyl (C=O) groups excluding carboxylic acids is 1. The van der Waals surface area contributed by atoms with Crippen molar-refractivity contribution in [1.82, 2.24) is 0 Å². The molecule has 0 spiro atoms. The number of rotatable bonds is 5. The lowest BCUT2D eigenvalue weighted by atomic mass is 9.88. The molecule has 0 saturated carbocycles. The van der Waals surface area contributed by atoms with Crippen molar-refractivity contribution in [3.63, 3.8) is 0 Å². The number of benzene rings is 2.